The van der Waals surface area contributed by atoms with E-state index in [1.54, 1.807) is 0 Å². The van der Waals surface area contributed by atoms with Gasteiger partial charge in [-0.3, -0.25) is 0 Å². The first-order valence-electron chi connectivity index (χ1n) is 2.86. The summed E-state index contributed by atoms with van der Waals surface area (Å²) >= 11 is 0. The molecule has 0 aromatic carbocycles. The van der Waals surface area contributed by atoms with Gasteiger partial charge in [0.15, 0.2) is 0 Å². The van der Waals surface area contributed by atoms with E-state index < -0.39 is 19.2 Å². The summed E-state index contributed by atoms with van der Waals surface area (Å²) in [5.74, 6) is -0.426. The zero-order valence-corrected chi connectivity index (χ0v) is 5.28. The normalized spacial score (nSPS) is 15.7. The molecule has 0 spiro atoms. The quantitative estimate of drug-likeness (QED) is 0.589. The van der Waals surface area contributed by atoms with Gasteiger partial charge in [-0.05, 0) is 6.54 Å². The maximum Gasteiger partial charge on any atom is 0.478 e. The third kappa shape index (κ3) is 5.69. The molecule has 0 rings (SSSR count). The molecular weight excluding hydrogens is 130 g/mol. The monoisotopic (exact) mass is 140 g/mol. The largest absolute Gasteiger partial charge is 0.478 e. The van der Waals surface area contributed by atoms with Gasteiger partial charge in [-0.25, -0.2) is 0 Å². The fraction of sp³-hybridized carbons (Fsp3) is 1.00. The number of halogens is 3. The molecule has 1 nitrogen and oxygen atoms in total. The average molecular weight is 140 g/mol. The lowest BCUT2D eigenvalue weighted by molar-refractivity contribution is 0.440. The molecule has 0 bridgehead atoms. The zero-order valence-electron chi connectivity index (χ0n) is 5.28. The van der Waals surface area contributed by atoms with Gasteiger partial charge < -0.3 is 18.7 Å². The minimum atomic E-state index is -4.63. The van der Waals surface area contributed by atoms with Gasteiger partial charge in [-0.2, -0.15) is 0 Å². The van der Waals surface area contributed by atoms with Crippen LogP contribution in [0.4, 0.5) is 12.9 Å². The van der Waals surface area contributed by atoms with Crippen molar-refractivity contribution in [2.24, 2.45) is 11.7 Å². The van der Waals surface area contributed by atoms with Crippen LogP contribution in [0.3, 0.4) is 0 Å². The van der Waals surface area contributed by atoms with Crippen LogP contribution in [0.2, 0.25) is 6.32 Å². The molecule has 0 aliphatic rings. The van der Waals surface area contributed by atoms with E-state index in [0.717, 1.165) is 0 Å². The van der Waals surface area contributed by atoms with Gasteiger partial charge in [0.2, 0.25) is 0 Å². The highest BCUT2D eigenvalue weighted by molar-refractivity contribution is 6.58. The summed E-state index contributed by atoms with van der Waals surface area (Å²) in [5.41, 5.74) is 4.99. The average Bonchev–Trinajstić information content (AvgIpc) is 1.62. The van der Waals surface area contributed by atoms with E-state index in [1.807, 2.05) is 0 Å². The molecule has 1 atom stereocenters. The Bertz CT molecular complexity index is 82.4. The van der Waals surface area contributed by atoms with E-state index in [0.29, 0.717) is 0 Å². The van der Waals surface area contributed by atoms with Crippen LogP contribution in [0, 0.1) is 5.92 Å². The second-order valence-electron chi connectivity index (χ2n) is 2.29. The first-order valence-corrected chi connectivity index (χ1v) is 2.86. The Labute approximate surface area is 52.5 Å². The maximum atomic E-state index is 11.5. The minimum absolute atomic E-state index is 0.112. The van der Waals surface area contributed by atoms with E-state index in [1.165, 1.54) is 6.92 Å². The van der Waals surface area contributed by atoms with E-state index >= 15 is 0 Å². The smallest absolute Gasteiger partial charge is 0.449 e. The molecule has 0 aromatic rings. The van der Waals surface area contributed by atoms with Crippen molar-refractivity contribution in [3.63, 3.8) is 0 Å². The molecule has 0 saturated carbocycles. The van der Waals surface area contributed by atoms with Gasteiger partial charge in [0.05, 0.1) is 0 Å². The van der Waals surface area contributed by atoms with Crippen molar-refractivity contribution in [3.05, 3.63) is 0 Å². The van der Waals surface area contributed by atoms with Gasteiger partial charge in [0.1, 0.15) is 0 Å². The Morgan fingerprint density at radius 2 is 1.89 bits per heavy atom. The predicted molar refractivity (Wildman–Crippen MR) is 32.1 cm³/mol. The molecule has 56 valence electrons. The summed E-state index contributed by atoms with van der Waals surface area (Å²) < 4.78 is 34.5. The van der Waals surface area contributed by atoms with Crippen LogP contribution < -0.4 is 5.73 Å². The van der Waals surface area contributed by atoms with Crippen molar-refractivity contribution in [2.75, 3.05) is 6.54 Å². The lowest BCUT2D eigenvalue weighted by Crippen LogP contribution is -2.22. The highest BCUT2D eigenvalue weighted by Gasteiger charge is 2.24. The van der Waals surface area contributed by atoms with Gasteiger partial charge in [0, 0.05) is 0 Å². The molecule has 0 aliphatic heterocycles. The Morgan fingerprint density at radius 1 is 1.44 bits per heavy atom. The fourth-order valence-electron chi connectivity index (χ4n) is 0.552. The van der Waals surface area contributed by atoms with Crippen LogP contribution in [-0.2, 0) is 0 Å². The van der Waals surface area contributed by atoms with Crippen LogP contribution >= 0.6 is 0 Å². The first kappa shape index (κ1) is 8.81. The fourth-order valence-corrected chi connectivity index (χ4v) is 0.552. The molecule has 0 heterocycles. The van der Waals surface area contributed by atoms with Crippen molar-refractivity contribution in [1.29, 1.82) is 0 Å². The van der Waals surface area contributed by atoms with Crippen LogP contribution in [0.15, 0.2) is 0 Å². The molecule has 0 aromatic heterocycles. The van der Waals surface area contributed by atoms with E-state index in [9.17, 15) is 12.9 Å². The summed E-state index contributed by atoms with van der Waals surface area (Å²) in [6.07, 6.45) is -0.712. The third-order valence-electron chi connectivity index (χ3n) is 1.07. The standard InChI is InChI=1S/C4H10BF3N/c1-4(3-9)2-5(6,7)8/h4H,2-3,9H2,1H3/q-1. The van der Waals surface area contributed by atoms with Crippen LogP contribution in [0.25, 0.3) is 0 Å². The number of nitrogens with two attached hydrogens (primary N) is 1. The molecule has 5 heteroatoms. The molecule has 0 aliphatic carbocycles. The molecule has 1 unspecified atom stereocenters. The van der Waals surface area contributed by atoms with Gasteiger partial charge in [0.25, 0.3) is 0 Å². The zero-order chi connectivity index (χ0) is 7.49. The summed E-state index contributed by atoms with van der Waals surface area (Å²) in [5, 5.41) is 0. The van der Waals surface area contributed by atoms with Gasteiger partial charge >= 0.3 is 6.98 Å². The lowest BCUT2D eigenvalue weighted by Gasteiger charge is -2.17. The van der Waals surface area contributed by atoms with Crippen molar-refractivity contribution in [2.45, 2.75) is 13.2 Å². The van der Waals surface area contributed by atoms with Crippen LogP contribution in [-0.4, -0.2) is 13.5 Å². The second kappa shape index (κ2) is 3.10. The minimum Gasteiger partial charge on any atom is -0.449 e. The Hall–Kier alpha value is -0.185. The SMILES string of the molecule is CC(CN)C[B-](F)(F)F. The van der Waals surface area contributed by atoms with E-state index in [2.05, 4.69) is 0 Å². The van der Waals surface area contributed by atoms with Crippen molar-refractivity contribution in [3.8, 4) is 0 Å². The molecule has 0 radical (unpaired) electrons. The Morgan fingerprint density at radius 3 is 2.00 bits per heavy atom. The third-order valence-corrected chi connectivity index (χ3v) is 1.07. The lowest BCUT2D eigenvalue weighted by atomic mass is 9.79. The number of hydrogen-bond acceptors (Lipinski definition) is 1. The topological polar surface area (TPSA) is 26.0 Å². The molecule has 0 fully saturated rings. The summed E-state index contributed by atoms with van der Waals surface area (Å²) in [4.78, 5) is 0. The summed E-state index contributed by atoms with van der Waals surface area (Å²) in [7, 11) is 0. The first-order chi connectivity index (χ1) is 3.95. The summed E-state index contributed by atoms with van der Waals surface area (Å²) in [6, 6.07) is 0. The second-order valence-corrected chi connectivity index (χ2v) is 2.29. The molecule has 0 amide bonds. The highest BCUT2D eigenvalue weighted by atomic mass is 19.4. The van der Waals surface area contributed by atoms with Crippen molar-refractivity contribution in [1.82, 2.24) is 0 Å². The van der Waals surface area contributed by atoms with Crippen molar-refractivity contribution >= 4 is 6.98 Å². The van der Waals surface area contributed by atoms with Crippen LogP contribution in [0.5, 0.6) is 0 Å². The number of rotatable bonds is 3. The van der Waals surface area contributed by atoms with Crippen LogP contribution in [0.1, 0.15) is 6.92 Å². The number of hydrogen-bond donors (Lipinski definition) is 1. The molecular formula is C4H10BF3N-. The Kier molecular flexibility index (Phi) is 3.04. The van der Waals surface area contributed by atoms with Gasteiger partial charge in [-0.1, -0.05) is 19.2 Å². The molecule has 0 saturated heterocycles. The van der Waals surface area contributed by atoms with Gasteiger partial charge in [-0.15, -0.1) is 0 Å². The predicted octanol–water partition coefficient (Wildman–Crippen LogP) is 1.43. The van der Waals surface area contributed by atoms with Crippen molar-refractivity contribution < 1.29 is 12.9 Å². The molecule has 2 N–H and O–H groups in total. The highest BCUT2D eigenvalue weighted by Crippen LogP contribution is 2.19. The Balaban J connectivity index is 3.47. The summed E-state index contributed by atoms with van der Waals surface area (Å²) in [6.45, 7) is -3.02. The van der Waals surface area contributed by atoms with E-state index in [-0.39, 0.29) is 6.54 Å². The van der Waals surface area contributed by atoms with E-state index in [4.69, 9.17) is 5.73 Å². The molecule has 9 heavy (non-hydrogen) atoms. The maximum absolute atomic E-state index is 11.5.